The summed E-state index contributed by atoms with van der Waals surface area (Å²) in [7, 11) is 1.81. The van der Waals surface area contributed by atoms with Crippen molar-refractivity contribution >= 4 is 28.3 Å². The van der Waals surface area contributed by atoms with E-state index in [2.05, 4.69) is 20.5 Å². The summed E-state index contributed by atoms with van der Waals surface area (Å²) in [5.74, 6) is -1.47. The molecular formula is C14H14N6O3S. The van der Waals surface area contributed by atoms with Gasteiger partial charge in [-0.1, -0.05) is 0 Å². The van der Waals surface area contributed by atoms with E-state index in [1.807, 2.05) is 18.5 Å². The highest BCUT2D eigenvalue weighted by atomic mass is 32.1. The van der Waals surface area contributed by atoms with E-state index in [9.17, 15) is 9.59 Å². The zero-order valence-corrected chi connectivity index (χ0v) is 13.7. The largest absolute Gasteiger partial charge is 0.476 e. The van der Waals surface area contributed by atoms with E-state index in [-0.39, 0.29) is 11.6 Å². The molecule has 0 saturated carbocycles. The molecule has 1 atom stereocenters. The van der Waals surface area contributed by atoms with Crippen LogP contribution < -0.4 is 5.32 Å². The van der Waals surface area contributed by atoms with Gasteiger partial charge >= 0.3 is 5.97 Å². The summed E-state index contributed by atoms with van der Waals surface area (Å²) in [6.07, 6.45) is 3.13. The Morgan fingerprint density at radius 1 is 1.38 bits per heavy atom. The van der Waals surface area contributed by atoms with Crippen molar-refractivity contribution in [3.05, 3.63) is 35.6 Å². The minimum Gasteiger partial charge on any atom is -0.476 e. The summed E-state index contributed by atoms with van der Waals surface area (Å²) in [5, 5.41) is 21.8. The second-order valence-corrected chi connectivity index (χ2v) is 5.89. The summed E-state index contributed by atoms with van der Waals surface area (Å²) in [6.45, 7) is 1.63. The molecule has 0 radical (unpaired) electrons. The minimum atomic E-state index is -1.14. The van der Waals surface area contributed by atoms with E-state index in [1.54, 1.807) is 17.8 Å². The number of aromatic carboxylic acids is 1. The SMILES string of the molecule is CC(C(=O)Nc1nc(-c2ccnn2C)cs1)n1ccc(C(=O)O)n1. The molecule has 1 unspecified atom stereocenters. The summed E-state index contributed by atoms with van der Waals surface area (Å²) in [6, 6.07) is 2.51. The first-order chi connectivity index (χ1) is 11.5. The van der Waals surface area contributed by atoms with E-state index < -0.39 is 12.0 Å². The number of anilines is 1. The Bertz CT molecular complexity index is 896. The number of nitrogens with one attached hydrogen (secondary N) is 1. The van der Waals surface area contributed by atoms with Crippen LogP contribution in [0.2, 0.25) is 0 Å². The average Bonchev–Trinajstić information content (AvgIpc) is 3.26. The lowest BCUT2D eigenvalue weighted by Crippen LogP contribution is -2.24. The van der Waals surface area contributed by atoms with Crippen molar-refractivity contribution in [1.82, 2.24) is 24.5 Å². The number of carboxylic acids is 1. The summed E-state index contributed by atoms with van der Waals surface area (Å²) >= 11 is 1.30. The Morgan fingerprint density at radius 2 is 2.17 bits per heavy atom. The van der Waals surface area contributed by atoms with Gasteiger partial charge in [0.05, 0.1) is 5.69 Å². The van der Waals surface area contributed by atoms with Gasteiger partial charge in [0.1, 0.15) is 11.7 Å². The van der Waals surface area contributed by atoms with Crippen LogP contribution in [0.4, 0.5) is 5.13 Å². The van der Waals surface area contributed by atoms with Gasteiger partial charge in [-0.3, -0.25) is 14.2 Å². The number of hydrogen-bond acceptors (Lipinski definition) is 6. The molecule has 9 nitrogen and oxygen atoms in total. The lowest BCUT2D eigenvalue weighted by Gasteiger charge is -2.10. The number of aryl methyl sites for hydroxylation is 1. The lowest BCUT2D eigenvalue weighted by molar-refractivity contribution is -0.119. The fourth-order valence-electron chi connectivity index (χ4n) is 2.07. The van der Waals surface area contributed by atoms with Crippen molar-refractivity contribution in [2.75, 3.05) is 5.32 Å². The highest BCUT2D eigenvalue weighted by Gasteiger charge is 2.19. The number of carbonyl (C=O) groups is 2. The van der Waals surface area contributed by atoms with Crippen LogP contribution in [-0.2, 0) is 11.8 Å². The Balaban J connectivity index is 1.71. The van der Waals surface area contributed by atoms with Gasteiger partial charge in [-0.2, -0.15) is 10.2 Å². The Labute approximate surface area is 140 Å². The Hall–Kier alpha value is -3.01. The number of aromatic nitrogens is 5. The van der Waals surface area contributed by atoms with E-state index in [0.29, 0.717) is 5.13 Å². The molecule has 0 aliphatic rings. The van der Waals surface area contributed by atoms with Crippen LogP contribution in [0, 0.1) is 0 Å². The van der Waals surface area contributed by atoms with Crippen LogP contribution in [0.3, 0.4) is 0 Å². The van der Waals surface area contributed by atoms with Crippen LogP contribution in [-0.4, -0.2) is 41.5 Å². The van der Waals surface area contributed by atoms with Crippen molar-refractivity contribution in [3.63, 3.8) is 0 Å². The predicted octanol–water partition coefficient (Wildman–Crippen LogP) is 1.64. The second kappa shape index (κ2) is 6.24. The van der Waals surface area contributed by atoms with Crippen LogP contribution in [0.1, 0.15) is 23.5 Å². The van der Waals surface area contributed by atoms with Crippen LogP contribution in [0.15, 0.2) is 29.9 Å². The van der Waals surface area contributed by atoms with E-state index in [0.717, 1.165) is 11.4 Å². The van der Waals surface area contributed by atoms with Gasteiger partial charge in [0, 0.05) is 24.8 Å². The number of amides is 1. The molecule has 0 fully saturated rings. The smallest absolute Gasteiger partial charge is 0.356 e. The standard InChI is InChI=1S/C14H14N6O3S/c1-8(20-6-4-9(18-20)13(22)23)12(21)17-14-16-10(7-24-14)11-3-5-15-19(11)2/h3-8H,1-2H3,(H,22,23)(H,16,17,21). The molecule has 3 aromatic rings. The summed E-state index contributed by atoms with van der Waals surface area (Å²) in [5.41, 5.74) is 1.45. The third kappa shape index (κ3) is 3.04. The first-order valence-electron chi connectivity index (χ1n) is 6.99. The lowest BCUT2D eigenvalue weighted by atomic mass is 10.3. The fraction of sp³-hybridized carbons (Fsp3) is 0.214. The first-order valence-corrected chi connectivity index (χ1v) is 7.87. The minimum absolute atomic E-state index is 0.109. The number of carbonyl (C=O) groups excluding carboxylic acids is 1. The number of carboxylic acid groups (broad SMARTS) is 1. The molecule has 0 aliphatic heterocycles. The van der Waals surface area contributed by atoms with Gasteiger partial charge in [-0.25, -0.2) is 9.78 Å². The zero-order valence-electron chi connectivity index (χ0n) is 12.9. The molecule has 124 valence electrons. The quantitative estimate of drug-likeness (QED) is 0.726. The molecule has 0 aromatic carbocycles. The van der Waals surface area contributed by atoms with Crippen molar-refractivity contribution in [2.24, 2.45) is 7.05 Å². The third-order valence-corrected chi connectivity index (χ3v) is 4.18. The molecule has 3 aromatic heterocycles. The van der Waals surface area contributed by atoms with Crippen LogP contribution in [0.5, 0.6) is 0 Å². The molecule has 0 spiro atoms. The van der Waals surface area contributed by atoms with E-state index in [4.69, 9.17) is 5.11 Å². The highest BCUT2D eigenvalue weighted by Crippen LogP contribution is 2.24. The predicted molar refractivity (Wildman–Crippen MR) is 86.8 cm³/mol. The maximum atomic E-state index is 12.3. The van der Waals surface area contributed by atoms with Crippen LogP contribution in [0.25, 0.3) is 11.4 Å². The van der Waals surface area contributed by atoms with Gasteiger partial charge in [-0.05, 0) is 19.1 Å². The van der Waals surface area contributed by atoms with Crippen LogP contribution >= 0.6 is 11.3 Å². The second-order valence-electron chi connectivity index (χ2n) is 5.03. The molecule has 10 heteroatoms. The molecule has 3 rings (SSSR count). The van der Waals surface area contributed by atoms with Crippen molar-refractivity contribution in [3.8, 4) is 11.4 Å². The molecule has 2 N–H and O–H groups in total. The summed E-state index contributed by atoms with van der Waals surface area (Å²) in [4.78, 5) is 27.5. The monoisotopic (exact) mass is 346 g/mol. The van der Waals surface area contributed by atoms with E-state index in [1.165, 1.54) is 28.3 Å². The molecule has 0 saturated heterocycles. The average molecular weight is 346 g/mol. The maximum absolute atomic E-state index is 12.3. The number of rotatable bonds is 5. The maximum Gasteiger partial charge on any atom is 0.356 e. The Morgan fingerprint density at radius 3 is 2.79 bits per heavy atom. The molecule has 0 aliphatic carbocycles. The Kier molecular flexibility index (Phi) is 4.13. The third-order valence-electron chi connectivity index (χ3n) is 3.42. The van der Waals surface area contributed by atoms with E-state index >= 15 is 0 Å². The highest BCUT2D eigenvalue weighted by molar-refractivity contribution is 7.14. The van der Waals surface area contributed by atoms with Crippen molar-refractivity contribution < 1.29 is 14.7 Å². The van der Waals surface area contributed by atoms with Gasteiger partial charge in [-0.15, -0.1) is 11.3 Å². The molecular weight excluding hydrogens is 332 g/mol. The molecule has 24 heavy (non-hydrogen) atoms. The fourth-order valence-corrected chi connectivity index (χ4v) is 2.78. The normalized spacial score (nSPS) is 12.1. The van der Waals surface area contributed by atoms with Gasteiger partial charge in [0.15, 0.2) is 10.8 Å². The summed E-state index contributed by atoms with van der Waals surface area (Å²) < 4.78 is 2.99. The molecule has 3 heterocycles. The topological polar surface area (TPSA) is 115 Å². The zero-order chi connectivity index (χ0) is 17.3. The number of hydrogen-bond donors (Lipinski definition) is 2. The first kappa shape index (κ1) is 15.9. The van der Waals surface area contributed by atoms with Gasteiger partial charge in [0.25, 0.3) is 5.91 Å². The number of thiazole rings is 1. The van der Waals surface area contributed by atoms with Crippen molar-refractivity contribution in [2.45, 2.75) is 13.0 Å². The molecule has 0 bridgehead atoms. The van der Waals surface area contributed by atoms with Gasteiger partial charge < -0.3 is 10.4 Å². The van der Waals surface area contributed by atoms with Gasteiger partial charge in [0.2, 0.25) is 0 Å². The number of nitrogens with zero attached hydrogens (tertiary/aromatic N) is 5. The van der Waals surface area contributed by atoms with Crippen molar-refractivity contribution in [1.29, 1.82) is 0 Å². The molecule has 1 amide bonds.